The van der Waals surface area contributed by atoms with E-state index in [1.165, 1.54) is 11.3 Å². The van der Waals surface area contributed by atoms with Gasteiger partial charge in [0.25, 0.3) is 15.9 Å². The monoisotopic (exact) mass is 423 g/mol. The molecule has 0 aliphatic rings. The molecule has 8 heteroatoms. The number of primary amides is 1. The summed E-state index contributed by atoms with van der Waals surface area (Å²) in [6.45, 7) is 1.84. The van der Waals surface area contributed by atoms with Gasteiger partial charge >= 0.3 is 0 Å². The Morgan fingerprint density at radius 2 is 1.83 bits per heavy atom. The van der Waals surface area contributed by atoms with Crippen molar-refractivity contribution in [1.29, 1.82) is 0 Å². The highest BCUT2D eigenvalue weighted by Crippen LogP contribution is 2.33. The summed E-state index contributed by atoms with van der Waals surface area (Å²) in [4.78, 5) is 16.4. The van der Waals surface area contributed by atoms with E-state index in [9.17, 15) is 13.2 Å². The fraction of sp³-hybridized carbons (Fsp3) is 0.0476. The first-order valence-electron chi connectivity index (χ1n) is 8.71. The quantitative estimate of drug-likeness (QED) is 0.503. The Labute approximate surface area is 172 Å². The zero-order valence-corrected chi connectivity index (χ0v) is 17.0. The molecule has 0 saturated heterocycles. The van der Waals surface area contributed by atoms with Crippen molar-refractivity contribution in [2.45, 2.75) is 11.8 Å². The maximum Gasteiger partial charge on any atom is 0.261 e. The molecule has 0 unspecified atom stereocenters. The van der Waals surface area contributed by atoms with Gasteiger partial charge in [-0.1, -0.05) is 24.3 Å². The average molecular weight is 424 g/mol. The molecule has 0 fully saturated rings. The van der Waals surface area contributed by atoms with Crippen molar-refractivity contribution < 1.29 is 13.2 Å². The fourth-order valence-electron chi connectivity index (χ4n) is 3.03. The summed E-state index contributed by atoms with van der Waals surface area (Å²) >= 11 is 1.30. The van der Waals surface area contributed by atoms with Crippen molar-refractivity contribution in [3.63, 3.8) is 0 Å². The lowest BCUT2D eigenvalue weighted by Crippen LogP contribution is -2.12. The number of aromatic nitrogens is 1. The minimum absolute atomic E-state index is 0.216. The molecule has 4 rings (SSSR count). The number of benzene rings is 2. The number of fused-ring (bicyclic) bond motifs is 1. The van der Waals surface area contributed by atoms with Crippen LogP contribution in [0.25, 0.3) is 21.2 Å². The summed E-state index contributed by atoms with van der Waals surface area (Å²) in [6, 6.07) is 15.5. The molecule has 2 aromatic heterocycles. The summed E-state index contributed by atoms with van der Waals surface area (Å²) in [5.74, 6) is -0.474. The molecule has 0 aliphatic heterocycles. The van der Waals surface area contributed by atoms with Crippen molar-refractivity contribution in [2.24, 2.45) is 5.73 Å². The van der Waals surface area contributed by atoms with Crippen molar-refractivity contribution >= 4 is 43.0 Å². The van der Waals surface area contributed by atoms with Crippen LogP contribution >= 0.6 is 11.3 Å². The van der Waals surface area contributed by atoms with Gasteiger partial charge in [-0.25, -0.2) is 8.42 Å². The highest BCUT2D eigenvalue weighted by molar-refractivity contribution is 7.92. The third-order valence-corrected chi connectivity index (χ3v) is 6.90. The molecule has 6 nitrogen and oxygen atoms in total. The van der Waals surface area contributed by atoms with Gasteiger partial charge in [-0.2, -0.15) is 0 Å². The number of carbonyl (C=O) groups is 1. The normalized spacial score (nSPS) is 11.5. The van der Waals surface area contributed by atoms with E-state index in [0.29, 0.717) is 10.6 Å². The number of anilines is 1. The third-order valence-electron chi connectivity index (χ3n) is 4.44. The Morgan fingerprint density at radius 1 is 1.07 bits per heavy atom. The standard InChI is InChI=1S/C21H17N3O3S2/c1-13-3-2-4-16(9-13)29(26,27)24-15-7-5-14(6-8-15)18-11-23-12-20-17(18)10-19(28-20)21(22)25/h2-12,24H,1H3,(H2,22,25). The molecule has 146 valence electrons. The van der Waals surface area contributed by atoms with Crippen molar-refractivity contribution in [1.82, 2.24) is 4.98 Å². The minimum atomic E-state index is -3.67. The van der Waals surface area contributed by atoms with Gasteiger partial charge in [0.1, 0.15) is 0 Å². The van der Waals surface area contributed by atoms with Gasteiger partial charge in [0.05, 0.1) is 14.5 Å². The van der Waals surface area contributed by atoms with E-state index in [0.717, 1.165) is 26.8 Å². The highest BCUT2D eigenvalue weighted by Gasteiger charge is 2.15. The van der Waals surface area contributed by atoms with E-state index in [4.69, 9.17) is 5.73 Å². The maximum absolute atomic E-state index is 12.6. The van der Waals surface area contributed by atoms with Gasteiger partial charge in [0.15, 0.2) is 0 Å². The highest BCUT2D eigenvalue weighted by atomic mass is 32.2. The summed E-state index contributed by atoms with van der Waals surface area (Å²) in [5.41, 5.74) is 8.42. The van der Waals surface area contributed by atoms with E-state index in [-0.39, 0.29) is 4.90 Å². The van der Waals surface area contributed by atoms with Gasteiger partial charge in [0, 0.05) is 29.0 Å². The van der Waals surface area contributed by atoms with Crippen LogP contribution in [0.2, 0.25) is 0 Å². The Kier molecular flexibility index (Phi) is 4.81. The zero-order chi connectivity index (χ0) is 20.6. The first kappa shape index (κ1) is 19.1. The lowest BCUT2D eigenvalue weighted by molar-refractivity contribution is 0.100. The Morgan fingerprint density at radius 3 is 2.52 bits per heavy atom. The summed E-state index contributed by atoms with van der Waals surface area (Å²) in [5, 5.41) is 0.881. The Bertz CT molecular complexity index is 1330. The molecule has 4 aromatic rings. The smallest absolute Gasteiger partial charge is 0.261 e. The van der Waals surface area contributed by atoms with Crippen LogP contribution in [-0.4, -0.2) is 19.3 Å². The molecule has 0 saturated carbocycles. The van der Waals surface area contributed by atoms with E-state index in [1.807, 2.05) is 25.1 Å². The number of nitrogens with one attached hydrogen (secondary N) is 1. The second-order valence-corrected chi connectivity index (χ2v) is 9.34. The lowest BCUT2D eigenvalue weighted by atomic mass is 10.0. The molecule has 2 aromatic carbocycles. The number of nitrogens with zero attached hydrogens (tertiary/aromatic N) is 1. The number of nitrogens with two attached hydrogens (primary N) is 1. The molecule has 3 N–H and O–H groups in total. The van der Waals surface area contributed by atoms with Crippen molar-refractivity contribution in [2.75, 3.05) is 4.72 Å². The predicted molar refractivity (Wildman–Crippen MR) is 116 cm³/mol. The largest absolute Gasteiger partial charge is 0.365 e. The number of hydrogen-bond donors (Lipinski definition) is 2. The fourth-order valence-corrected chi connectivity index (χ4v) is 5.10. The van der Waals surface area contributed by atoms with Crippen LogP contribution in [0, 0.1) is 6.92 Å². The molecule has 0 spiro atoms. The second-order valence-electron chi connectivity index (χ2n) is 6.57. The van der Waals surface area contributed by atoms with E-state index in [1.54, 1.807) is 48.8 Å². The summed E-state index contributed by atoms with van der Waals surface area (Å²) < 4.78 is 28.6. The van der Waals surface area contributed by atoms with Gasteiger partial charge in [-0.3, -0.25) is 14.5 Å². The second kappa shape index (κ2) is 7.31. The van der Waals surface area contributed by atoms with Crippen LogP contribution < -0.4 is 10.5 Å². The number of rotatable bonds is 5. The topological polar surface area (TPSA) is 102 Å². The summed E-state index contributed by atoms with van der Waals surface area (Å²) in [6.07, 6.45) is 3.41. The number of hydrogen-bond acceptors (Lipinski definition) is 5. The first-order valence-corrected chi connectivity index (χ1v) is 11.0. The number of amides is 1. The lowest BCUT2D eigenvalue weighted by Gasteiger charge is -2.10. The molecule has 29 heavy (non-hydrogen) atoms. The molecule has 0 aliphatic carbocycles. The van der Waals surface area contributed by atoms with E-state index in [2.05, 4.69) is 9.71 Å². The van der Waals surface area contributed by atoms with Crippen LogP contribution in [0.5, 0.6) is 0 Å². The predicted octanol–water partition coefficient (Wildman–Crippen LogP) is 4.17. The zero-order valence-electron chi connectivity index (χ0n) is 15.4. The Hall–Kier alpha value is -3.23. The average Bonchev–Trinajstić information content (AvgIpc) is 3.13. The van der Waals surface area contributed by atoms with Gasteiger partial charge in [0.2, 0.25) is 0 Å². The molecule has 1 amide bonds. The van der Waals surface area contributed by atoms with Crippen LogP contribution in [0.15, 0.2) is 71.9 Å². The van der Waals surface area contributed by atoms with Gasteiger partial charge in [-0.15, -0.1) is 11.3 Å². The van der Waals surface area contributed by atoms with E-state index >= 15 is 0 Å². The molecule has 0 atom stereocenters. The molecule has 2 heterocycles. The van der Waals surface area contributed by atoms with Crippen LogP contribution in [0.3, 0.4) is 0 Å². The number of pyridine rings is 1. The third kappa shape index (κ3) is 3.85. The molecule has 0 radical (unpaired) electrons. The molecular formula is C21H17N3O3S2. The number of thiophene rings is 1. The van der Waals surface area contributed by atoms with Crippen LogP contribution in [0.1, 0.15) is 15.2 Å². The SMILES string of the molecule is Cc1cccc(S(=O)(=O)Nc2ccc(-c3cncc4sc(C(N)=O)cc34)cc2)c1. The van der Waals surface area contributed by atoms with Crippen LogP contribution in [-0.2, 0) is 10.0 Å². The summed E-state index contributed by atoms with van der Waals surface area (Å²) in [7, 11) is -3.67. The van der Waals surface area contributed by atoms with Crippen LogP contribution in [0.4, 0.5) is 5.69 Å². The molecular weight excluding hydrogens is 406 g/mol. The Balaban J connectivity index is 1.65. The van der Waals surface area contributed by atoms with E-state index < -0.39 is 15.9 Å². The van der Waals surface area contributed by atoms with Crippen molar-refractivity contribution in [3.05, 3.63) is 77.4 Å². The van der Waals surface area contributed by atoms with Gasteiger partial charge < -0.3 is 5.73 Å². The number of carbonyl (C=O) groups excluding carboxylic acids is 1. The number of aryl methyl sites for hydroxylation is 1. The van der Waals surface area contributed by atoms with Gasteiger partial charge in [-0.05, 0) is 48.4 Å². The first-order chi connectivity index (χ1) is 13.8. The number of sulfonamides is 1. The molecule has 0 bridgehead atoms. The van der Waals surface area contributed by atoms with Crippen molar-refractivity contribution in [3.8, 4) is 11.1 Å². The minimum Gasteiger partial charge on any atom is -0.365 e. The maximum atomic E-state index is 12.6.